The van der Waals surface area contributed by atoms with Gasteiger partial charge in [-0.3, -0.25) is 4.90 Å². The summed E-state index contributed by atoms with van der Waals surface area (Å²) in [5, 5.41) is 3.51. The Kier molecular flexibility index (Phi) is 2.90. The summed E-state index contributed by atoms with van der Waals surface area (Å²) in [6, 6.07) is 0.466. The third-order valence-corrected chi connectivity index (χ3v) is 4.02. The van der Waals surface area contributed by atoms with E-state index in [0.717, 1.165) is 26.2 Å². The maximum atomic E-state index is 4.60. The maximum Gasteiger partial charge on any atom is 0.0950 e. The number of fused-ring (bicyclic) bond motifs is 1. The number of likely N-dealkylation sites (N-methyl/N-ethyl adjacent to an activating group) is 1. The first-order valence-electron chi connectivity index (χ1n) is 6.39. The summed E-state index contributed by atoms with van der Waals surface area (Å²) >= 11 is 0. The van der Waals surface area contributed by atoms with E-state index in [0.29, 0.717) is 6.04 Å². The molecular formula is C12H21N5. The summed E-state index contributed by atoms with van der Waals surface area (Å²) in [6.07, 6.45) is 1.95. The van der Waals surface area contributed by atoms with Gasteiger partial charge in [0.1, 0.15) is 0 Å². The van der Waals surface area contributed by atoms with Crippen LogP contribution in [0.15, 0.2) is 6.33 Å². The van der Waals surface area contributed by atoms with E-state index in [1.165, 1.54) is 24.5 Å². The number of rotatable bonds is 1. The Hall–Kier alpha value is -0.910. The van der Waals surface area contributed by atoms with E-state index in [-0.39, 0.29) is 0 Å². The van der Waals surface area contributed by atoms with Crippen LogP contribution in [0.25, 0.3) is 0 Å². The van der Waals surface area contributed by atoms with Crippen molar-refractivity contribution in [2.24, 2.45) is 7.05 Å². The van der Waals surface area contributed by atoms with Gasteiger partial charge in [-0.05, 0) is 7.05 Å². The molecule has 0 radical (unpaired) electrons. The van der Waals surface area contributed by atoms with Gasteiger partial charge < -0.3 is 14.8 Å². The lowest BCUT2D eigenvalue weighted by Crippen LogP contribution is -2.49. The van der Waals surface area contributed by atoms with E-state index >= 15 is 0 Å². The SMILES string of the molecule is CN1CCN(C2CNCc3c2ncn3C)CC1. The molecule has 1 aromatic heterocycles. The average Bonchev–Trinajstić information content (AvgIpc) is 2.73. The number of piperazine rings is 1. The molecule has 94 valence electrons. The Morgan fingerprint density at radius 1 is 1.24 bits per heavy atom. The van der Waals surface area contributed by atoms with Crippen molar-refractivity contribution in [3.05, 3.63) is 17.7 Å². The lowest BCUT2D eigenvalue weighted by Gasteiger charge is -2.39. The molecule has 3 heterocycles. The van der Waals surface area contributed by atoms with E-state index in [1.54, 1.807) is 0 Å². The van der Waals surface area contributed by atoms with Gasteiger partial charge in [-0.1, -0.05) is 0 Å². The molecule has 5 nitrogen and oxygen atoms in total. The third-order valence-electron chi connectivity index (χ3n) is 4.02. The molecule has 5 heteroatoms. The van der Waals surface area contributed by atoms with Gasteiger partial charge in [0, 0.05) is 46.3 Å². The second kappa shape index (κ2) is 4.40. The molecule has 1 N–H and O–H groups in total. The zero-order chi connectivity index (χ0) is 11.8. The van der Waals surface area contributed by atoms with Crippen molar-refractivity contribution in [1.82, 2.24) is 24.7 Å². The van der Waals surface area contributed by atoms with Gasteiger partial charge in [0.05, 0.1) is 23.8 Å². The van der Waals surface area contributed by atoms with Crippen LogP contribution in [-0.4, -0.2) is 59.1 Å². The Morgan fingerprint density at radius 2 is 2.00 bits per heavy atom. The highest BCUT2D eigenvalue weighted by atomic mass is 15.3. The van der Waals surface area contributed by atoms with Crippen LogP contribution in [-0.2, 0) is 13.6 Å². The minimum absolute atomic E-state index is 0.466. The van der Waals surface area contributed by atoms with Crippen LogP contribution in [0, 0.1) is 0 Å². The van der Waals surface area contributed by atoms with Crippen LogP contribution in [0.5, 0.6) is 0 Å². The van der Waals surface area contributed by atoms with E-state index in [9.17, 15) is 0 Å². The van der Waals surface area contributed by atoms with Crippen molar-refractivity contribution >= 4 is 0 Å². The lowest BCUT2D eigenvalue weighted by atomic mass is 10.1. The van der Waals surface area contributed by atoms with Crippen LogP contribution in [0.2, 0.25) is 0 Å². The standard InChI is InChI=1S/C12H21N5/c1-15-3-5-17(6-4-15)11-8-13-7-10-12(11)14-9-16(10)2/h9,11,13H,3-8H2,1-2H3. The Balaban J connectivity index is 1.80. The van der Waals surface area contributed by atoms with Crippen molar-refractivity contribution in [2.45, 2.75) is 12.6 Å². The minimum Gasteiger partial charge on any atom is -0.336 e. The fraction of sp³-hybridized carbons (Fsp3) is 0.750. The zero-order valence-electron chi connectivity index (χ0n) is 10.7. The van der Waals surface area contributed by atoms with Crippen LogP contribution in [0.1, 0.15) is 17.4 Å². The van der Waals surface area contributed by atoms with E-state index < -0.39 is 0 Å². The van der Waals surface area contributed by atoms with Crippen molar-refractivity contribution in [3.63, 3.8) is 0 Å². The largest absolute Gasteiger partial charge is 0.336 e. The summed E-state index contributed by atoms with van der Waals surface area (Å²) in [6.45, 7) is 6.62. The quantitative estimate of drug-likeness (QED) is 0.732. The molecule has 2 aliphatic heterocycles. The summed E-state index contributed by atoms with van der Waals surface area (Å²) in [5.74, 6) is 0. The zero-order valence-corrected chi connectivity index (χ0v) is 10.7. The number of hydrogen-bond acceptors (Lipinski definition) is 4. The normalized spacial score (nSPS) is 27.1. The maximum absolute atomic E-state index is 4.60. The number of nitrogens with zero attached hydrogens (tertiary/aromatic N) is 4. The number of imidazole rings is 1. The van der Waals surface area contributed by atoms with Gasteiger partial charge in [0.15, 0.2) is 0 Å². The molecule has 2 aliphatic rings. The molecule has 0 saturated carbocycles. The molecule has 0 aliphatic carbocycles. The number of hydrogen-bond donors (Lipinski definition) is 1. The Labute approximate surface area is 102 Å². The number of aromatic nitrogens is 2. The predicted octanol–water partition coefficient (Wildman–Crippen LogP) is -0.188. The van der Waals surface area contributed by atoms with Crippen molar-refractivity contribution in [2.75, 3.05) is 39.8 Å². The molecular weight excluding hydrogens is 214 g/mol. The number of nitrogens with one attached hydrogen (secondary N) is 1. The van der Waals surface area contributed by atoms with Crippen molar-refractivity contribution < 1.29 is 0 Å². The molecule has 1 saturated heterocycles. The van der Waals surface area contributed by atoms with E-state index in [4.69, 9.17) is 0 Å². The van der Waals surface area contributed by atoms with Gasteiger partial charge >= 0.3 is 0 Å². The molecule has 3 rings (SSSR count). The Morgan fingerprint density at radius 3 is 2.76 bits per heavy atom. The van der Waals surface area contributed by atoms with Gasteiger partial charge in [0.25, 0.3) is 0 Å². The molecule has 0 bridgehead atoms. The van der Waals surface area contributed by atoms with Crippen molar-refractivity contribution in [1.29, 1.82) is 0 Å². The first-order chi connectivity index (χ1) is 8.25. The summed E-state index contributed by atoms with van der Waals surface area (Å²) < 4.78 is 2.14. The fourth-order valence-electron chi connectivity index (χ4n) is 2.83. The minimum atomic E-state index is 0.466. The van der Waals surface area contributed by atoms with E-state index in [1.807, 2.05) is 6.33 Å². The molecule has 0 aromatic carbocycles. The van der Waals surface area contributed by atoms with Crippen LogP contribution >= 0.6 is 0 Å². The fourth-order valence-corrected chi connectivity index (χ4v) is 2.83. The average molecular weight is 235 g/mol. The lowest BCUT2D eigenvalue weighted by molar-refractivity contribution is 0.104. The summed E-state index contributed by atoms with van der Waals surface area (Å²) in [5.41, 5.74) is 2.64. The molecule has 1 atom stereocenters. The topological polar surface area (TPSA) is 36.3 Å². The molecule has 0 spiro atoms. The summed E-state index contributed by atoms with van der Waals surface area (Å²) in [7, 11) is 4.28. The smallest absolute Gasteiger partial charge is 0.0950 e. The summed E-state index contributed by atoms with van der Waals surface area (Å²) in [4.78, 5) is 9.56. The second-order valence-electron chi connectivity index (χ2n) is 5.17. The first-order valence-corrected chi connectivity index (χ1v) is 6.39. The molecule has 1 aromatic rings. The molecule has 17 heavy (non-hydrogen) atoms. The van der Waals surface area contributed by atoms with Gasteiger partial charge in [-0.15, -0.1) is 0 Å². The van der Waals surface area contributed by atoms with Gasteiger partial charge in [0.2, 0.25) is 0 Å². The van der Waals surface area contributed by atoms with Crippen LogP contribution < -0.4 is 5.32 Å². The van der Waals surface area contributed by atoms with Crippen molar-refractivity contribution in [3.8, 4) is 0 Å². The van der Waals surface area contributed by atoms with Gasteiger partial charge in [-0.2, -0.15) is 0 Å². The molecule has 1 fully saturated rings. The predicted molar refractivity (Wildman–Crippen MR) is 66.7 cm³/mol. The number of aryl methyl sites for hydroxylation is 1. The Bertz CT molecular complexity index is 392. The van der Waals surface area contributed by atoms with Gasteiger partial charge in [-0.25, -0.2) is 4.98 Å². The highest BCUT2D eigenvalue weighted by Crippen LogP contribution is 2.26. The first kappa shape index (κ1) is 11.2. The second-order valence-corrected chi connectivity index (χ2v) is 5.17. The highest BCUT2D eigenvalue weighted by Gasteiger charge is 2.30. The molecule has 1 unspecified atom stereocenters. The monoisotopic (exact) mass is 235 g/mol. The molecule has 0 amide bonds. The highest BCUT2D eigenvalue weighted by molar-refractivity contribution is 5.20. The van der Waals surface area contributed by atoms with Crippen LogP contribution in [0.4, 0.5) is 0 Å². The third kappa shape index (κ3) is 1.99. The van der Waals surface area contributed by atoms with Crippen LogP contribution in [0.3, 0.4) is 0 Å². The van der Waals surface area contributed by atoms with E-state index in [2.05, 4.69) is 38.8 Å².